The van der Waals surface area contributed by atoms with Gasteiger partial charge < -0.3 is 14.6 Å². The Morgan fingerprint density at radius 3 is 2.20 bits per heavy atom. The van der Waals surface area contributed by atoms with E-state index in [4.69, 9.17) is 14.6 Å². The number of ether oxygens (including phenoxy) is 2. The molecule has 0 aliphatic heterocycles. The molecule has 6 heteroatoms. The van der Waals surface area contributed by atoms with Gasteiger partial charge in [-0.2, -0.15) is 0 Å². The minimum Gasteiger partial charge on any atom is -0.489 e. The monoisotopic (exact) mass is 596 g/mol. The molecule has 4 aromatic rings. The maximum atomic E-state index is 10.7. The highest BCUT2D eigenvalue weighted by Crippen LogP contribution is 2.31. The predicted molar refractivity (Wildman–Crippen MR) is 151 cm³/mol. The van der Waals surface area contributed by atoms with Crippen LogP contribution in [0.4, 0.5) is 0 Å². The van der Waals surface area contributed by atoms with E-state index in [-0.39, 0.29) is 6.61 Å². The summed E-state index contributed by atoms with van der Waals surface area (Å²) in [6.45, 7) is 4.02. The second-order valence-corrected chi connectivity index (χ2v) is 10.6. The van der Waals surface area contributed by atoms with Crippen molar-refractivity contribution in [3.8, 4) is 21.9 Å². The SMILES string of the molecule is Cc1ccc(-c2ccc(/C(=C/COc3ccc(OCC(=O)O)c(C)c3)c3ccc(I)cc3)cc2)s1. The summed E-state index contributed by atoms with van der Waals surface area (Å²) in [5.74, 6) is 0.235. The van der Waals surface area contributed by atoms with Gasteiger partial charge in [0.25, 0.3) is 0 Å². The summed E-state index contributed by atoms with van der Waals surface area (Å²) >= 11 is 4.11. The van der Waals surface area contributed by atoms with Gasteiger partial charge in [0.2, 0.25) is 0 Å². The van der Waals surface area contributed by atoms with Gasteiger partial charge >= 0.3 is 5.97 Å². The molecular weight excluding hydrogens is 571 g/mol. The van der Waals surface area contributed by atoms with Gasteiger partial charge in [0, 0.05) is 13.3 Å². The molecule has 3 aromatic carbocycles. The van der Waals surface area contributed by atoms with Gasteiger partial charge in [-0.05, 0) is 113 Å². The molecule has 0 aliphatic carbocycles. The lowest BCUT2D eigenvalue weighted by atomic mass is 9.96. The third-order valence-corrected chi connectivity index (χ3v) is 7.18. The first kappa shape index (κ1) is 25.0. The summed E-state index contributed by atoms with van der Waals surface area (Å²) in [5.41, 5.74) is 5.40. The Kier molecular flexibility index (Phi) is 8.25. The second-order valence-electron chi connectivity index (χ2n) is 8.03. The zero-order chi connectivity index (χ0) is 24.8. The van der Waals surface area contributed by atoms with Gasteiger partial charge in [0.1, 0.15) is 18.1 Å². The molecule has 4 rings (SSSR count). The van der Waals surface area contributed by atoms with Crippen molar-refractivity contribution < 1.29 is 19.4 Å². The molecule has 4 nitrogen and oxygen atoms in total. The molecule has 1 aromatic heterocycles. The van der Waals surface area contributed by atoms with Gasteiger partial charge in [-0.25, -0.2) is 4.79 Å². The first-order valence-electron chi connectivity index (χ1n) is 11.1. The van der Waals surface area contributed by atoms with Gasteiger partial charge in [-0.15, -0.1) is 11.3 Å². The van der Waals surface area contributed by atoms with Crippen LogP contribution >= 0.6 is 33.9 Å². The molecule has 0 aliphatic rings. The van der Waals surface area contributed by atoms with Crippen LogP contribution in [0.15, 0.2) is 84.9 Å². The van der Waals surface area contributed by atoms with Crippen molar-refractivity contribution in [2.45, 2.75) is 13.8 Å². The van der Waals surface area contributed by atoms with Gasteiger partial charge in [0.05, 0.1) is 0 Å². The van der Waals surface area contributed by atoms with E-state index >= 15 is 0 Å². The van der Waals surface area contributed by atoms with Crippen LogP contribution in [-0.2, 0) is 4.79 Å². The highest BCUT2D eigenvalue weighted by Gasteiger charge is 2.09. The van der Waals surface area contributed by atoms with Crippen LogP contribution < -0.4 is 9.47 Å². The Morgan fingerprint density at radius 1 is 0.914 bits per heavy atom. The van der Waals surface area contributed by atoms with E-state index in [1.165, 1.54) is 18.9 Å². The average molecular weight is 596 g/mol. The lowest BCUT2D eigenvalue weighted by Gasteiger charge is -2.12. The number of carbonyl (C=O) groups is 1. The van der Waals surface area contributed by atoms with E-state index < -0.39 is 5.97 Å². The molecule has 1 heterocycles. The van der Waals surface area contributed by atoms with Gasteiger partial charge in [-0.1, -0.05) is 36.4 Å². The Morgan fingerprint density at radius 2 is 1.60 bits per heavy atom. The van der Waals surface area contributed by atoms with Crippen molar-refractivity contribution in [2.75, 3.05) is 13.2 Å². The Balaban J connectivity index is 1.54. The number of hydrogen-bond acceptors (Lipinski definition) is 4. The number of aliphatic carboxylic acids is 1. The maximum absolute atomic E-state index is 10.7. The van der Waals surface area contributed by atoms with E-state index in [1.54, 1.807) is 23.5 Å². The third-order valence-electron chi connectivity index (χ3n) is 5.41. The summed E-state index contributed by atoms with van der Waals surface area (Å²) < 4.78 is 12.5. The molecule has 0 fully saturated rings. The van der Waals surface area contributed by atoms with E-state index in [0.717, 1.165) is 22.3 Å². The highest BCUT2D eigenvalue weighted by molar-refractivity contribution is 14.1. The van der Waals surface area contributed by atoms with Crippen molar-refractivity contribution in [2.24, 2.45) is 0 Å². The smallest absolute Gasteiger partial charge is 0.341 e. The number of benzene rings is 3. The maximum Gasteiger partial charge on any atom is 0.341 e. The highest BCUT2D eigenvalue weighted by atomic mass is 127. The fraction of sp³-hybridized carbons (Fsp3) is 0.138. The molecule has 0 spiro atoms. The molecule has 0 saturated carbocycles. The van der Waals surface area contributed by atoms with Crippen LogP contribution in [0, 0.1) is 17.4 Å². The number of thiophene rings is 1. The average Bonchev–Trinajstić information content (AvgIpc) is 3.28. The van der Waals surface area contributed by atoms with Gasteiger partial charge in [0.15, 0.2) is 6.61 Å². The predicted octanol–water partition coefficient (Wildman–Crippen LogP) is 7.61. The van der Waals surface area contributed by atoms with Crippen LogP contribution in [-0.4, -0.2) is 24.3 Å². The summed E-state index contributed by atoms with van der Waals surface area (Å²) in [6, 6.07) is 26.8. The first-order chi connectivity index (χ1) is 16.9. The molecule has 0 radical (unpaired) electrons. The Hall–Kier alpha value is -3.10. The van der Waals surface area contributed by atoms with Crippen molar-refractivity contribution >= 4 is 45.5 Å². The van der Waals surface area contributed by atoms with Crippen molar-refractivity contribution in [1.29, 1.82) is 0 Å². The molecule has 35 heavy (non-hydrogen) atoms. The largest absolute Gasteiger partial charge is 0.489 e. The van der Waals surface area contributed by atoms with Crippen LogP contribution in [0.25, 0.3) is 16.0 Å². The third kappa shape index (κ3) is 6.74. The number of halogens is 1. The van der Waals surface area contributed by atoms with Gasteiger partial charge in [-0.3, -0.25) is 0 Å². The van der Waals surface area contributed by atoms with Crippen molar-refractivity contribution in [3.05, 3.63) is 110 Å². The summed E-state index contributed by atoms with van der Waals surface area (Å²) in [6.07, 6.45) is 2.09. The second kappa shape index (κ2) is 11.6. The molecule has 178 valence electrons. The number of carboxylic acids is 1. The standard InChI is InChI=1S/C29H25IO4S/c1-19-17-25(12-13-27(19)34-18-29(31)32)33-16-15-26(22-8-10-24(30)11-9-22)21-4-6-23(7-5-21)28-14-3-20(2)35-28/h3-15,17H,16,18H2,1-2H3,(H,31,32)/b26-15-. The molecule has 0 bridgehead atoms. The van der Waals surface area contributed by atoms with Crippen LogP contribution in [0.2, 0.25) is 0 Å². The molecule has 0 atom stereocenters. The zero-order valence-electron chi connectivity index (χ0n) is 19.5. The summed E-state index contributed by atoms with van der Waals surface area (Å²) in [4.78, 5) is 13.3. The minimum absolute atomic E-state index is 0.367. The minimum atomic E-state index is -1.00. The van der Waals surface area contributed by atoms with Crippen molar-refractivity contribution in [1.82, 2.24) is 0 Å². The number of carboxylic acid groups (broad SMARTS) is 1. The lowest BCUT2D eigenvalue weighted by Crippen LogP contribution is -2.10. The molecule has 0 amide bonds. The number of aryl methyl sites for hydroxylation is 2. The number of rotatable bonds is 9. The Bertz CT molecular complexity index is 1340. The molecular formula is C29H25IO4S. The fourth-order valence-electron chi connectivity index (χ4n) is 3.67. The van der Waals surface area contributed by atoms with E-state index in [0.29, 0.717) is 18.1 Å². The first-order valence-corrected chi connectivity index (χ1v) is 13.0. The molecule has 0 saturated heterocycles. The Labute approximate surface area is 223 Å². The molecule has 1 N–H and O–H groups in total. The van der Waals surface area contributed by atoms with Crippen LogP contribution in [0.5, 0.6) is 11.5 Å². The lowest BCUT2D eigenvalue weighted by molar-refractivity contribution is -0.139. The fourth-order valence-corrected chi connectivity index (χ4v) is 4.90. The topological polar surface area (TPSA) is 55.8 Å². The molecule has 0 unspecified atom stereocenters. The zero-order valence-corrected chi connectivity index (χ0v) is 22.4. The van der Waals surface area contributed by atoms with Crippen LogP contribution in [0.3, 0.4) is 0 Å². The number of hydrogen-bond donors (Lipinski definition) is 1. The summed E-state index contributed by atoms with van der Waals surface area (Å²) in [5, 5.41) is 8.81. The van der Waals surface area contributed by atoms with E-state index in [2.05, 4.69) is 96.3 Å². The van der Waals surface area contributed by atoms with Crippen molar-refractivity contribution in [3.63, 3.8) is 0 Å². The quantitative estimate of drug-likeness (QED) is 0.202. The van der Waals surface area contributed by atoms with Crippen LogP contribution in [0.1, 0.15) is 21.6 Å². The van der Waals surface area contributed by atoms with E-state index in [1.807, 2.05) is 13.0 Å². The normalized spacial score (nSPS) is 11.3. The van der Waals surface area contributed by atoms with E-state index in [9.17, 15) is 4.79 Å². The summed E-state index contributed by atoms with van der Waals surface area (Å²) in [7, 11) is 0.